The Morgan fingerprint density at radius 1 is 0.906 bits per heavy atom. The number of thiophene rings is 1. The Labute approximate surface area is 197 Å². The van der Waals surface area contributed by atoms with Crippen LogP contribution in [-0.4, -0.2) is 11.2 Å². The molecule has 5 rings (SSSR count). The van der Waals surface area contributed by atoms with Crippen molar-refractivity contribution in [2.45, 2.75) is 43.4 Å². The lowest BCUT2D eigenvalue weighted by molar-refractivity contribution is 0.526. The maximum absolute atomic E-state index is 6.15. The second-order valence-corrected chi connectivity index (χ2v) is 10.7. The summed E-state index contributed by atoms with van der Waals surface area (Å²) in [6.07, 6.45) is 7.84. The van der Waals surface area contributed by atoms with Crippen molar-refractivity contribution in [2.75, 3.05) is 6.26 Å². The van der Waals surface area contributed by atoms with Gasteiger partial charge in [-0.05, 0) is 89.6 Å². The molecular weight excluding hydrogens is 430 g/mol. The molecule has 162 valence electrons. The molecule has 0 bridgehead atoms. The van der Waals surface area contributed by atoms with E-state index < -0.39 is 0 Å². The molecule has 0 aliphatic carbocycles. The lowest BCUT2D eigenvalue weighted by Gasteiger charge is -2.10. The van der Waals surface area contributed by atoms with Gasteiger partial charge in [0.05, 0.1) is 0 Å². The molecule has 4 heteroatoms. The average Bonchev–Trinajstić information content (AvgIpc) is 3.40. The quantitative estimate of drug-likeness (QED) is 0.229. The van der Waals surface area contributed by atoms with Crippen LogP contribution in [0, 0.1) is 0 Å². The normalized spacial score (nSPS) is 13.6. The molecule has 2 atom stereocenters. The number of benzene rings is 2. The summed E-state index contributed by atoms with van der Waals surface area (Å²) in [4.78, 5) is 7.02. The summed E-state index contributed by atoms with van der Waals surface area (Å²) in [7, 11) is 0. The first kappa shape index (κ1) is 21.3. The predicted molar refractivity (Wildman–Crippen MR) is 138 cm³/mol. The Bertz CT molecular complexity index is 1350. The minimum Gasteiger partial charge on any atom is -0.461 e. The van der Waals surface area contributed by atoms with Gasteiger partial charge in [0.15, 0.2) is 0 Å². The van der Waals surface area contributed by atoms with Gasteiger partial charge in [-0.1, -0.05) is 26.0 Å². The fraction of sp³-hybridized carbons (Fsp3) is 0.250. The summed E-state index contributed by atoms with van der Waals surface area (Å²) < 4.78 is 7.53. The summed E-state index contributed by atoms with van der Waals surface area (Å²) in [5, 5.41) is 2.56. The second kappa shape index (κ2) is 9.13. The zero-order chi connectivity index (χ0) is 22.1. The van der Waals surface area contributed by atoms with E-state index in [-0.39, 0.29) is 0 Å². The van der Waals surface area contributed by atoms with Crippen molar-refractivity contribution >= 4 is 44.2 Å². The molecule has 0 fully saturated rings. The van der Waals surface area contributed by atoms with E-state index in [2.05, 4.69) is 79.7 Å². The van der Waals surface area contributed by atoms with Crippen LogP contribution in [-0.2, 0) is 12.8 Å². The highest BCUT2D eigenvalue weighted by atomic mass is 32.2. The van der Waals surface area contributed by atoms with Crippen molar-refractivity contribution in [3.05, 3.63) is 94.8 Å². The van der Waals surface area contributed by atoms with E-state index in [1.165, 1.54) is 36.4 Å². The summed E-state index contributed by atoms with van der Waals surface area (Å²) >= 11 is 3.72. The molecule has 3 aromatic heterocycles. The molecule has 0 N–H and O–H groups in total. The fourth-order valence-corrected chi connectivity index (χ4v) is 5.96. The van der Waals surface area contributed by atoms with Crippen molar-refractivity contribution in [3.8, 4) is 0 Å². The third-order valence-electron chi connectivity index (χ3n) is 6.20. The number of hydrogen-bond donors (Lipinski definition) is 0. The van der Waals surface area contributed by atoms with Crippen LogP contribution in [0.25, 0.3) is 21.1 Å². The zero-order valence-electron chi connectivity index (χ0n) is 18.7. The third-order valence-corrected chi connectivity index (χ3v) is 8.07. The largest absolute Gasteiger partial charge is 0.461 e. The van der Waals surface area contributed by atoms with Crippen molar-refractivity contribution in [1.29, 1.82) is 0 Å². The van der Waals surface area contributed by atoms with Gasteiger partial charge in [0.2, 0.25) is 0 Å². The van der Waals surface area contributed by atoms with E-state index >= 15 is 0 Å². The van der Waals surface area contributed by atoms with Gasteiger partial charge in [0.25, 0.3) is 0 Å². The standard InChI is InChI=1S/C28H27NOS2/c1-18(21-5-4-10-29-17-21)11-24-14-22-13-20(6-8-27(22)30-24)19(2)12-26-16-23-15-25(31-3)7-9-28(23)32-26/h4-10,13-19H,11-12H2,1-3H3. The highest BCUT2D eigenvalue weighted by Gasteiger charge is 2.14. The minimum absolute atomic E-state index is 0.377. The second-order valence-electron chi connectivity index (χ2n) is 8.62. The maximum Gasteiger partial charge on any atom is 0.134 e. The molecule has 3 heterocycles. The van der Waals surface area contributed by atoms with Gasteiger partial charge in [-0.2, -0.15) is 0 Å². The molecule has 0 saturated carbocycles. The molecule has 5 aromatic rings. The topological polar surface area (TPSA) is 26.0 Å². The predicted octanol–water partition coefficient (Wildman–Crippen LogP) is 8.46. The number of hydrogen-bond acceptors (Lipinski definition) is 4. The molecule has 0 aliphatic heterocycles. The Hall–Kier alpha value is -2.56. The van der Waals surface area contributed by atoms with Crippen LogP contribution >= 0.6 is 23.1 Å². The van der Waals surface area contributed by atoms with E-state index in [4.69, 9.17) is 4.42 Å². The number of thioether (sulfide) groups is 1. The van der Waals surface area contributed by atoms with Gasteiger partial charge in [0.1, 0.15) is 11.3 Å². The highest BCUT2D eigenvalue weighted by Crippen LogP contribution is 2.33. The molecular formula is C28H27NOS2. The minimum atomic E-state index is 0.377. The van der Waals surface area contributed by atoms with E-state index in [9.17, 15) is 0 Å². The monoisotopic (exact) mass is 457 g/mol. The highest BCUT2D eigenvalue weighted by molar-refractivity contribution is 7.98. The molecule has 0 radical (unpaired) electrons. The van der Waals surface area contributed by atoms with Crippen molar-refractivity contribution < 1.29 is 4.42 Å². The SMILES string of the molecule is CSc1ccc2sc(CC(C)c3ccc4oc(CC(C)c5cccnc5)cc4c3)cc2c1. The lowest BCUT2D eigenvalue weighted by Crippen LogP contribution is -1.97. The lowest BCUT2D eigenvalue weighted by atomic mass is 9.95. The smallest absolute Gasteiger partial charge is 0.134 e. The molecule has 2 unspecified atom stereocenters. The van der Waals surface area contributed by atoms with Gasteiger partial charge in [-0.15, -0.1) is 23.1 Å². The molecule has 2 aromatic carbocycles. The van der Waals surface area contributed by atoms with Gasteiger partial charge < -0.3 is 4.42 Å². The first-order valence-electron chi connectivity index (χ1n) is 11.1. The van der Waals surface area contributed by atoms with Crippen molar-refractivity contribution in [3.63, 3.8) is 0 Å². The van der Waals surface area contributed by atoms with Crippen LogP contribution in [0.3, 0.4) is 0 Å². The van der Waals surface area contributed by atoms with Crippen LogP contribution in [0.5, 0.6) is 0 Å². The molecule has 0 saturated heterocycles. The Morgan fingerprint density at radius 3 is 2.59 bits per heavy atom. The first-order chi connectivity index (χ1) is 15.6. The Balaban J connectivity index is 1.33. The van der Waals surface area contributed by atoms with Crippen molar-refractivity contribution in [2.24, 2.45) is 0 Å². The van der Waals surface area contributed by atoms with E-state index in [1.54, 1.807) is 11.8 Å². The number of nitrogens with zero attached hydrogens (tertiary/aromatic N) is 1. The Morgan fingerprint density at radius 2 is 1.78 bits per heavy atom. The maximum atomic E-state index is 6.15. The molecule has 2 nitrogen and oxygen atoms in total. The van der Waals surface area contributed by atoms with Crippen LogP contribution in [0.15, 0.2) is 82.4 Å². The molecule has 32 heavy (non-hydrogen) atoms. The summed E-state index contributed by atoms with van der Waals surface area (Å²) in [6.45, 7) is 4.55. The third kappa shape index (κ3) is 4.48. The molecule has 0 spiro atoms. The number of aromatic nitrogens is 1. The molecule has 0 aliphatic rings. The number of fused-ring (bicyclic) bond motifs is 2. The number of pyridine rings is 1. The average molecular weight is 458 g/mol. The van der Waals surface area contributed by atoms with E-state index in [1.807, 2.05) is 29.8 Å². The van der Waals surface area contributed by atoms with Crippen LogP contribution in [0.2, 0.25) is 0 Å². The van der Waals surface area contributed by atoms with Crippen molar-refractivity contribution in [1.82, 2.24) is 4.98 Å². The van der Waals surface area contributed by atoms with E-state index in [0.717, 1.165) is 24.2 Å². The van der Waals surface area contributed by atoms with Gasteiger partial charge in [-0.25, -0.2) is 0 Å². The van der Waals surface area contributed by atoms with Crippen LogP contribution in [0.4, 0.5) is 0 Å². The summed E-state index contributed by atoms with van der Waals surface area (Å²) in [6, 6.07) is 22.1. The van der Waals surface area contributed by atoms with Crippen LogP contribution < -0.4 is 0 Å². The first-order valence-corrected chi connectivity index (χ1v) is 13.1. The Kier molecular flexibility index (Phi) is 6.07. The summed E-state index contributed by atoms with van der Waals surface area (Å²) in [5.74, 6) is 1.87. The molecule has 0 amide bonds. The van der Waals surface area contributed by atoms with Gasteiger partial charge >= 0.3 is 0 Å². The van der Waals surface area contributed by atoms with Gasteiger partial charge in [0, 0.05) is 38.7 Å². The van der Waals surface area contributed by atoms with Gasteiger partial charge in [-0.3, -0.25) is 4.98 Å². The number of furan rings is 1. The fourth-order valence-electron chi connectivity index (χ4n) is 4.33. The van der Waals surface area contributed by atoms with E-state index in [0.29, 0.717) is 11.8 Å². The summed E-state index contributed by atoms with van der Waals surface area (Å²) in [5.41, 5.74) is 3.59. The number of rotatable bonds is 7. The van der Waals surface area contributed by atoms with Crippen LogP contribution in [0.1, 0.15) is 47.4 Å². The zero-order valence-corrected chi connectivity index (χ0v) is 20.3.